The molecule has 2 rings (SSSR count). The minimum atomic E-state index is -0.0616. The van der Waals surface area contributed by atoms with Gasteiger partial charge in [0.05, 0.1) is 0 Å². The highest BCUT2D eigenvalue weighted by molar-refractivity contribution is 5.94. The minimum absolute atomic E-state index is 0.0198. The number of hydrogen-bond acceptors (Lipinski definition) is 2. The number of hydrogen-bond donors (Lipinski definition) is 2. The number of benzene rings is 1. The fourth-order valence-electron chi connectivity index (χ4n) is 3.36. The minimum Gasteiger partial charge on any atom is -0.348 e. The van der Waals surface area contributed by atoms with E-state index >= 15 is 0 Å². The molecule has 18 heavy (non-hydrogen) atoms. The molecule has 0 saturated heterocycles. The predicted molar refractivity (Wildman–Crippen MR) is 73.2 cm³/mol. The lowest BCUT2D eigenvalue weighted by Crippen LogP contribution is -2.76. The first-order valence-corrected chi connectivity index (χ1v) is 6.39. The highest BCUT2D eigenvalue weighted by Gasteiger charge is 2.60. The zero-order valence-corrected chi connectivity index (χ0v) is 11.5. The third-order valence-electron chi connectivity index (χ3n) is 4.40. The van der Waals surface area contributed by atoms with Crippen molar-refractivity contribution in [1.29, 1.82) is 0 Å². The van der Waals surface area contributed by atoms with E-state index in [4.69, 9.17) is 5.73 Å². The van der Waals surface area contributed by atoms with Crippen molar-refractivity contribution in [2.75, 3.05) is 0 Å². The van der Waals surface area contributed by atoms with Crippen LogP contribution in [-0.2, 0) is 0 Å². The van der Waals surface area contributed by atoms with E-state index in [-0.39, 0.29) is 28.8 Å². The number of carbonyl (C=O) groups is 1. The lowest BCUT2D eigenvalue weighted by atomic mass is 9.48. The lowest BCUT2D eigenvalue weighted by molar-refractivity contribution is -0.0663. The van der Waals surface area contributed by atoms with Crippen molar-refractivity contribution in [3.05, 3.63) is 35.9 Å². The van der Waals surface area contributed by atoms with E-state index in [0.29, 0.717) is 5.56 Å². The fraction of sp³-hybridized carbons (Fsp3) is 0.533. The zero-order valence-electron chi connectivity index (χ0n) is 11.5. The lowest BCUT2D eigenvalue weighted by Gasteiger charge is -2.62. The quantitative estimate of drug-likeness (QED) is 0.840. The van der Waals surface area contributed by atoms with Crippen LogP contribution in [0.1, 0.15) is 38.1 Å². The predicted octanol–water partition coefficient (Wildman–Crippen LogP) is 2.18. The Kier molecular flexibility index (Phi) is 2.98. The summed E-state index contributed by atoms with van der Waals surface area (Å²) >= 11 is 0. The molecule has 1 aromatic carbocycles. The van der Waals surface area contributed by atoms with Crippen LogP contribution in [0.2, 0.25) is 0 Å². The Morgan fingerprint density at radius 1 is 1.11 bits per heavy atom. The van der Waals surface area contributed by atoms with Crippen LogP contribution in [0, 0.1) is 10.8 Å². The molecule has 1 aliphatic carbocycles. The van der Waals surface area contributed by atoms with Gasteiger partial charge in [-0.15, -0.1) is 0 Å². The van der Waals surface area contributed by atoms with Gasteiger partial charge < -0.3 is 11.1 Å². The summed E-state index contributed by atoms with van der Waals surface area (Å²) in [4.78, 5) is 12.2. The maximum atomic E-state index is 12.2. The molecule has 3 heteroatoms. The van der Waals surface area contributed by atoms with Gasteiger partial charge in [0.2, 0.25) is 0 Å². The van der Waals surface area contributed by atoms with Gasteiger partial charge >= 0.3 is 0 Å². The molecule has 0 atom stereocenters. The first-order valence-electron chi connectivity index (χ1n) is 6.39. The van der Waals surface area contributed by atoms with Crippen molar-refractivity contribution >= 4 is 5.91 Å². The van der Waals surface area contributed by atoms with E-state index in [1.54, 1.807) is 0 Å². The van der Waals surface area contributed by atoms with Crippen LogP contribution >= 0.6 is 0 Å². The molecule has 0 aliphatic heterocycles. The molecule has 3 N–H and O–H groups in total. The second-order valence-corrected chi connectivity index (χ2v) is 6.39. The van der Waals surface area contributed by atoms with Crippen LogP contribution in [0.3, 0.4) is 0 Å². The Balaban J connectivity index is 2.13. The van der Waals surface area contributed by atoms with Crippen LogP contribution < -0.4 is 11.1 Å². The molecule has 0 spiro atoms. The molecule has 1 aromatic rings. The van der Waals surface area contributed by atoms with Gasteiger partial charge in [0.1, 0.15) is 0 Å². The summed E-state index contributed by atoms with van der Waals surface area (Å²) < 4.78 is 0. The number of nitrogens with two attached hydrogens (primary N) is 1. The monoisotopic (exact) mass is 246 g/mol. The average molecular weight is 246 g/mol. The van der Waals surface area contributed by atoms with E-state index < -0.39 is 0 Å². The van der Waals surface area contributed by atoms with Gasteiger partial charge in [-0.3, -0.25) is 4.79 Å². The molecule has 1 aliphatic rings. The number of carbonyl (C=O) groups excluding carboxylic acids is 1. The Bertz CT molecular complexity index is 435. The highest BCUT2D eigenvalue weighted by atomic mass is 16.1. The molecule has 0 unspecified atom stereocenters. The van der Waals surface area contributed by atoms with Crippen LogP contribution in [-0.4, -0.2) is 18.0 Å². The smallest absolute Gasteiger partial charge is 0.251 e. The maximum Gasteiger partial charge on any atom is 0.251 e. The third-order valence-corrected chi connectivity index (χ3v) is 4.40. The Morgan fingerprint density at radius 2 is 1.61 bits per heavy atom. The van der Waals surface area contributed by atoms with Crippen LogP contribution in [0.4, 0.5) is 0 Å². The summed E-state index contributed by atoms with van der Waals surface area (Å²) in [5.74, 6) is -0.0198. The second-order valence-electron chi connectivity index (χ2n) is 6.39. The standard InChI is InChI=1S/C15H22N2O/c1-14(2)12(16)15(3,4)13(14)17-11(18)10-8-6-5-7-9-10/h5-9,12-13H,16H2,1-4H3,(H,17,18). The number of nitrogens with one attached hydrogen (secondary N) is 1. The van der Waals surface area contributed by atoms with E-state index in [2.05, 4.69) is 33.0 Å². The molecule has 0 radical (unpaired) electrons. The normalized spacial score (nSPS) is 28.3. The van der Waals surface area contributed by atoms with Crippen molar-refractivity contribution in [3.63, 3.8) is 0 Å². The second kappa shape index (κ2) is 4.09. The Morgan fingerprint density at radius 3 is 2.11 bits per heavy atom. The van der Waals surface area contributed by atoms with Gasteiger partial charge in [0, 0.05) is 28.5 Å². The summed E-state index contributed by atoms with van der Waals surface area (Å²) in [5, 5.41) is 3.12. The summed E-state index contributed by atoms with van der Waals surface area (Å²) in [7, 11) is 0. The fourth-order valence-corrected chi connectivity index (χ4v) is 3.36. The van der Waals surface area contributed by atoms with Crippen molar-refractivity contribution in [1.82, 2.24) is 5.32 Å². The van der Waals surface area contributed by atoms with Gasteiger partial charge in [0.25, 0.3) is 5.91 Å². The molecule has 0 bridgehead atoms. The van der Waals surface area contributed by atoms with Gasteiger partial charge in [-0.25, -0.2) is 0 Å². The van der Waals surface area contributed by atoms with Gasteiger partial charge in [-0.1, -0.05) is 45.9 Å². The van der Waals surface area contributed by atoms with Crippen molar-refractivity contribution < 1.29 is 4.79 Å². The van der Waals surface area contributed by atoms with Crippen LogP contribution in [0.5, 0.6) is 0 Å². The molecule has 98 valence electrons. The van der Waals surface area contributed by atoms with Crippen LogP contribution in [0.15, 0.2) is 30.3 Å². The molecule has 3 nitrogen and oxygen atoms in total. The van der Waals surface area contributed by atoms with Gasteiger partial charge in [-0.2, -0.15) is 0 Å². The molecule has 0 heterocycles. The number of amides is 1. The van der Waals surface area contributed by atoms with E-state index in [1.807, 2.05) is 30.3 Å². The topological polar surface area (TPSA) is 55.1 Å². The Hall–Kier alpha value is -1.35. The zero-order chi connectivity index (χ0) is 13.6. The molecule has 1 fully saturated rings. The molecule has 1 amide bonds. The van der Waals surface area contributed by atoms with Crippen molar-refractivity contribution in [2.45, 2.75) is 39.8 Å². The number of rotatable bonds is 2. The van der Waals surface area contributed by atoms with Crippen molar-refractivity contribution in [2.24, 2.45) is 16.6 Å². The van der Waals surface area contributed by atoms with Crippen molar-refractivity contribution in [3.8, 4) is 0 Å². The molecule has 0 aromatic heterocycles. The van der Waals surface area contributed by atoms with Gasteiger partial charge in [-0.05, 0) is 12.1 Å². The maximum absolute atomic E-state index is 12.2. The largest absolute Gasteiger partial charge is 0.348 e. The summed E-state index contributed by atoms with van der Waals surface area (Å²) in [6.07, 6.45) is 0. The van der Waals surface area contributed by atoms with Crippen LogP contribution in [0.25, 0.3) is 0 Å². The van der Waals surface area contributed by atoms with Gasteiger partial charge in [0.15, 0.2) is 0 Å². The average Bonchev–Trinajstić information content (AvgIpc) is 2.35. The summed E-state index contributed by atoms with van der Waals surface area (Å²) in [6, 6.07) is 9.51. The molecule has 1 saturated carbocycles. The molecular formula is C15H22N2O. The third kappa shape index (κ3) is 1.83. The highest BCUT2D eigenvalue weighted by Crippen LogP contribution is 2.52. The Labute approximate surface area is 109 Å². The molecular weight excluding hydrogens is 224 g/mol. The van der Waals surface area contributed by atoms with E-state index in [1.165, 1.54) is 0 Å². The first kappa shape index (κ1) is 13.1. The van der Waals surface area contributed by atoms with E-state index in [0.717, 1.165) is 0 Å². The first-order chi connectivity index (χ1) is 8.28. The van der Waals surface area contributed by atoms with E-state index in [9.17, 15) is 4.79 Å². The SMILES string of the molecule is CC1(C)C(N)C(C)(C)C1NC(=O)c1ccccc1. The summed E-state index contributed by atoms with van der Waals surface area (Å²) in [6.45, 7) is 8.44. The summed E-state index contributed by atoms with van der Waals surface area (Å²) in [5.41, 5.74) is 6.76.